The molecule has 0 N–H and O–H groups in total. The van der Waals surface area contributed by atoms with E-state index in [1.807, 2.05) is 0 Å². The molecule has 0 aliphatic heterocycles. The summed E-state index contributed by atoms with van der Waals surface area (Å²) >= 11 is 0. The molecule has 80 valence electrons. The van der Waals surface area contributed by atoms with Crippen LogP contribution in [0.3, 0.4) is 0 Å². The number of hydrogen-bond acceptors (Lipinski definition) is 0. The highest BCUT2D eigenvalue weighted by Crippen LogP contribution is 2.19. The van der Waals surface area contributed by atoms with Gasteiger partial charge in [-0.25, -0.2) is 8.78 Å². The van der Waals surface area contributed by atoms with E-state index < -0.39 is 11.6 Å². The van der Waals surface area contributed by atoms with Gasteiger partial charge in [-0.1, -0.05) is 0 Å². The molecule has 0 nitrogen and oxygen atoms in total. The molecular formula is C13H8F3+. The second kappa shape index (κ2) is 4.31. The van der Waals surface area contributed by atoms with Crippen LogP contribution in [0.25, 0.3) is 6.08 Å². The first-order valence-electron chi connectivity index (χ1n) is 4.70. The van der Waals surface area contributed by atoms with Crippen molar-refractivity contribution in [3.05, 3.63) is 71.4 Å². The van der Waals surface area contributed by atoms with Gasteiger partial charge >= 0.3 is 0 Å². The number of benzene rings is 1. The predicted octanol–water partition coefficient (Wildman–Crippen LogP) is 3.98. The van der Waals surface area contributed by atoms with Crippen molar-refractivity contribution >= 4 is 6.08 Å². The van der Waals surface area contributed by atoms with Crippen LogP contribution in [0.5, 0.6) is 0 Å². The first-order chi connectivity index (χ1) is 7.63. The van der Waals surface area contributed by atoms with Gasteiger partial charge in [0, 0.05) is 30.2 Å². The molecular weight excluding hydrogens is 213 g/mol. The summed E-state index contributed by atoms with van der Waals surface area (Å²) in [4.78, 5) is 0. The van der Waals surface area contributed by atoms with Crippen molar-refractivity contribution in [1.29, 1.82) is 0 Å². The molecule has 0 atom stereocenters. The van der Waals surface area contributed by atoms with Gasteiger partial charge in [-0.3, -0.25) is 0 Å². The van der Waals surface area contributed by atoms with E-state index in [4.69, 9.17) is 0 Å². The van der Waals surface area contributed by atoms with Crippen LogP contribution >= 0.6 is 0 Å². The maximum Gasteiger partial charge on any atom is 0.205 e. The highest BCUT2D eigenvalue weighted by molar-refractivity contribution is 5.61. The molecule has 1 aliphatic carbocycles. The standard InChI is InChI=1S/C13H8F3/c14-11-3-1-2-9(5-11)4-10-6-12(15)8-13(16)7-10/h1-8H/q+1/b9-4-. The minimum Gasteiger partial charge on any atom is -0.207 e. The lowest BCUT2D eigenvalue weighted by Crippen LogP contribution is -1.87. The summed E-state index contributed by atoms with van der Waals surface area (Å²) in [5.74, 6) is -1.68. The third kappa shape index (κ3) is 2.57. The molecule has 1 aliphatic rings. The van der Waals surface area contributed by atoms with E-state index in [1.54, 1.807) is 6.42 Å². The molecule has 0 spiro atoms. The van der Waals surface area contributed by atoms with E-state index in [2.05, 4.69) is 0 Å². The van der Waals surface area contributed by atoms with Gasteiger partial charge in [-0.2, -0.15) is 4.39 Å². The van der Waals surface area contributed by atoms with Crippen LogP contribution in [0.2, 0.25) is 0 Å². The van der Waals surface area contributed by atoms with E-state index in [-0.39, 0.29) is 5.83 Å². The molecule has 2 rings (SSSR count). The Bertz CT molecular complexity index is 476. The van der Waals surface area contributed by atoms with E-state index in [0.717, 1.165) is 6.07 Å². The summed E-state index contributed by atoms with van der Waals surface area (Å²) in [7, 11) is 0. The van der Waals surface area contributed by atoms with Gasteiger partial charge in [0.15, 0.2) is 0 Å². The molecule has 0 radical (unpaired) electrons. The Hall–Kier alpha value is -1.90. The van der Waals surface area contributed by atoms with Crippen LogP contribution < -0.4 is 0 Å². The molecule has 0 saturated heterocycles. The molecule has 0 unspecified atom stereocenters. The number of halogens is 3. The average molecular weight is 221 g/mol. The smallest absolute Gasteiger partial charge is 0.205 e. The van der Waals surface area contributed by atoms with Gasteiger partial charge in [-0.15, -0.1) is 0 Å². The first-order valence-corrected chi connectivity index (χ1v) is 4.70. The average Bonchev–Trinajstić information content (AvgIpc) is 2.15. The first kappa shape index (κ1) is 10.6. The van der Waals surface area contributed by atoms with Crippen molar-refractivity contribution in [2.24, 2.45) is 0 Å². The van der Waals surface area contributed by atoms with Gasteiger partial charge in [0.2, 0.25) is 5.83 Å². The van der Waals surface area contributed by atoms with Crippen molar-refractivity contribution in [3.8, 4) is 0 Å². The summed E-state index contributed by atoms with van der Waals surface area (Å²) in [5, 5.41) is 0. The van der Waals surface area contributed by atoms with Crippen LogP contribution in [0.15, 0.2) is 47.8 Å². The number of rotatable bonds is 1. The molecule has 1 aromatic carbocycles. The topological polar surface area (TPSA) is 0 Å². The molecule has 3 heteroatoms. The van der Waals surface area contributed by atoms with Crippen molar-refractivity contribution in [3.63, 3.8) is 0 Å². The zero-order valence-corrected chi connectivity index (χ0v) is 8.25. The number of hydrogen-bond donors (Lipinski definition) is 0. The molecule has 0 saturated carbocycles. The van der Waals surface area contributed by atoms with Crippen molar-refractivity contribution in [1.82, 2.24) is 0 Å². The zero-order valence-electron chi connectivity index (χ0n) is 8.25. The van der Waals surface area contributed by atoms with Crippen molar-refractivity contribution in [2.45, 2.75) is 0 Å². The monoisotopic (exact) mass is 221 g/mol. The molecule has 0 heterocycles. The van der Waals surface area contributed by atoms with Crippen molar-refractivity contribution < 1.29 is 13.2 Å². The highest BCUT2D eigenvalue weighted by Gasteiger charge is 2.09. The molecule has 0 amide bonds. The third-order valence-corrected chi connectivity index (χ3v) is 2.07. The second-order valence-electron chi connectivity index (χ2n) is 3.40. The lowest BCUT2D eigenvalue weighted by Gasteiger charge is -1.97. The fourth-order valence-electron chi connectivity index (χ4n) is 1.45. The summed E-state index contributed by atoms with van der Waals surface area (Å²) in [6.07, 6.45) is 7.31. The summed E-state index contributed by atoms with van der Waals surface area (Å²) in [5.41, 5.74) is 0.924. The Kier molecular flexibility index (Phi) is 2.86. The minimum atomic E-state index is -0.650. The summed E-state index contributed by atoms with van der Waals surface area (Å²) in [6, 6.07) is 3.17. The molecule has 1 aromatic rings. The Morgan fingerprint density at radius 1 is 1.00 bits per heavy atom. The second-order valence-corrected chi connectivity index (χ2v) is 3.40. The van der Waals surface area contributed by atoms with Crippen molar-refractivity contribution in [2.75, 3.05) is 0 Å². The zero-order chi connectivity index (χ0) is 11.5. The van der Waals surface area contributed by atoms with Gasteiger partial charge < -0.3 is 0 Å². The van der Waals surface area contributed by atoms with Crippen LogP contribution in [0.1, 0.15) is 5.56 Å². The molecule has 16 heavy (non-hydrogen) atoms. The molecule has 0 fully saturated rings. The normalized spacial score (nSPS) is 17.2. The maximum absolute atomic E-state index is 12.9. The fourth-order valence-corrected chi connectivity index (χ4v) is 1.45. The van der Waals surface area contributed by atoms with Gasteiger partial charge in [0.1, 0.15) is 11.6 Å². The van der Waals surface area contributed by atoms with Crippen LogP contribution in [0.4, 0.5) is 13.2 Å². The quantitative estimate of drug-likeness (QED) is 0.629. The number of allylic oxidation sites excluding steroid dienone is 5. The highest BCUT2D eigenvalue weighted by atomic mass is 19.1. The third-order valence-electron chi connectivity index (χ3n) is 2.07. The largest absolute Gasteiger partial charge is 0.207 e. The SMILES string of the molecule is FC1=C/C(=C\c2cc(F)cc(F)c2)[CH+]C=C1. The van der Waals surface area contributed by atoms with Crippen LogP contribution in [-0.2, 0) is 0 Å². The Labute approximate surface area is 91.4 Å². The van der Waals surface area contributed by atoms with E-state index in [1.165, 1.54) is 36.4 Å². The Morgan fingerprint density at radius 3 is 2.31 bits per heavy atom. The Morgan fingerprint density at radius 2 is 1.69 bits per heavy atom. The molecule has 0 aromatic heterocycles. The van der Waals surface area contributed by atoms with Crippen LogP contribution in [0, 0.1) is 18.1 Å². The van der Waals surface area contributed by atoms with E-state index in [9.17, 15) is 13.2 Å². The van der Waals surface area contributed by atoms with E-state index in [0.29, 0.717) is 11.1 Å². The maximum atomic E-state index is 12.9. The van der Waals surface area contributed by atoms with Gasteiger partial charge in [0.05, 0.1) is 17.7 Å². The fraction of sp³-hybridized carbons (Fsp3) is 0. The lowest BCUT2D eigenvalue weighted by molar-refractivity contribution is 0.583. The van der Waals surface area contributed by atoms with Gasteiger partial charge in [0.25, 0.3) is 0 Å². The Balaban J connectivity index is 2.32. The van der Waals surface area contributed by atoms with E-state index >= 15 is 0 Å². The molecule has 0 bridgehead atoms. The summed E-state index contributed by atoms with van der Waals surface area (Å²) < 4.78 is 38.6. The minimum absolute atomic E-state index is 0.364. The lowest BCUT2D eigenvalue weighted by atomic mass is 10.0. The predicted molar refractivity (Wildman–Crippen MR) is 57.0 cm³/mol. The summed E-state index contributed by atoms with van der Waals surface area (Å²) in [6.45, 7) is 0. The van der Waals surface area contributed by atoms with Crippen LogP contribution in [-0.4, -0.2) is 0 Å². The van der Waals surface area contributed by atoms with Gasteiger partial charge in [-0.05, 0) is 12.1 Å².